The van der Waals surface area contributed by atoms with Crippen LogP contribution in [0.25, 0.3) is 0 Å². The zero-order valence-corrected chi connectivity index (χ0v) is 11.6. The number of hydrogen-bond acceptors (Lipinski definition) is 3. The molecule has 1 aromatic carbocycles. The number of ether oxygens (including phenoxy) is 1. The minimum Gasteiger partial charge on any atom is -0.406 e. The van der Waals surface area contributed by atoms with Gasteiger partial charge in [0.05, 0.1) is 11.7 Å². The van der Waals surface area contributed by atoms with Crippen molar-refractivity contribution >= 4 is 0 Å². The van der Waals surface area contributed by atoms with E-state index in [0.717, 1.165) is 11.3 Å². The number of rotatable bonds is 4. The van der Waals surface area contributed by atoms with Gasteiger partial charge in [-0.1, -0.05) is 18.2 Å². The summed E-state index contributed by atoms with van der Waals surface area (Å²) in [7, 11) is 1.73. The first-order valence-corrected chi connectivity index (χ1v) is 6.35. The SMILES string of the molecule is CNC(c1cccc(OC(F)(F)F)c1)c1ncccc1C. The van der Waals surface area contributed by atoms with Gasteiger partial charge in [0.1, 0.15) is 5.75 Å². The molecule has 1 atom stereocenters. The number of hydrogen-bond donors (Lipinski definition) is 1. The third-order valence-corrected chi connectivity index (χ3v) is 3.04. The van der Waals surface area contributed by atoms with E-state index in [9.17, 15) is 13.2 Å². The van der Waals surface area contributed by atoms with Crippen LogP contribution in [0, 0.1) is 6.92 Å². The average molecular weight is 296 g/mol. The zero-order chi connectivity index (χ0) is 15.5. The van der Waals surface area contributed by atoms with Crippen molar-refractivity contribution in [3.05, 3.63) is 59.4 Å². The zero-order valence-electron chi connectivity index (χ0n) is 11.6. The first-order valence-electron chi connectivity index (χ1n) is 6.35. The van der Waals surface area contributed by atoms with Crippen LogP contribution in [0.4, 0.5) is 13.2 Å². The van der Waals surface area contributed by atoms with Crippen LogP contribution in [0.2, 0.25) is 0 Å². The van der Waals surface area contributed by atoms with E-state index in [2.05, 4.69) is 15.0 Å². The summed E-state index contributed by atoms with van der Waals surface area (Å²) in [6.07, 6.45) is -3.04. The van der Waals surface area contributed by atoms with E-state index in [1.54, 1.807) is 19.3 Å². The van der Waals surface area contributed by atoms with Crippen molar-refractivity contribution in [2.75, 3.05) is 7.05 Å². The number of pyridine rings is 1. The van der Waals surface area contributed by atoms with E-state index in [0.29, 0.717) is 5.56 Å². The fourth-order valence-corrected chi connectivity index (χ4v) is 2.15. The van der Waals surface area contributed by atoms with Crippen LogP contribution in [0.3, 0.4) is 0 Å². The molecule has 2 aromatic rings. The summed E-state index contributed by atoms with van der Waals surface area (Å²) in [5, 5.41) is 3.07. The molecule has 1 unspecified atom stereocenters. The van der Waals surface area contributed by atoms with Gasteiger partial charge < -0.3 is 10.1 Å². The van der Waals surface area contributed by atoms with Crippen LogP contribution in [-0.2, 0) is 0 Å². The van der Waals surface area contributed by atoms with E-state index in [-0.39, 0.29) is 11.8 Å². The normalized spacial score (nSPS) is 13.0. The van der Waals surface area contributed by atoms with Crippen LogP contribution in [0.15, 0.2) is 42.6 Å². The van der Waals surface area contributed by atoms with Gasteiger partial charge in [0.25, 0.3) is 0 Å². The predicted molar refractivity (Wildman–Crippen MR) is 73.0 cm³/mol. The number of nitrogens with zero attached hydrogens (tertiary/aromatic N) is 1. The van der Waals surface area contributed by atoms with Gasteiger partial charge in [-0.05, 0) is 43.3 Å². The summed E-state index contributed by atoms with van der Waals surface area (Å²) < 4.78 is 40.8. The van der Waals surface area contributed by atoms with Gasteiger partial charge >= 0.3 is 6.36 Å². The van der Waals surface area contributed by atoms with Gasteiger partial charge in [-0.15, -0.1) is 13.2 Å². The molecule has 112 valence electrons. The molecule has 1 aromatic heterocycles. The number of nitrogens with one attached hydrogen (secondary N) is 1. The molecular formula is C15H15F3N2O. The lowest BCUT2D eigenvalue weighted by Crippen LogP contribution is -2.21. The van der Waals surface area contributed by atoms with Crippen molar-refractivity contribution in [3.8, 4) is 5.75 Å². The number of benzene rings is 1. The van der Waals surface area contributed by atoms with Crippen LogP contribution >= 0.6 is 0 Å². The average Bonchev–Trinajstić information content (AvgIpc) is 2.40. The Morgan fingerprint density at radius 2 is 1.95 bits per heavy atom. The summed E-state index contributed by atoms with van der Waals surface area (Å²) in [5.74, 6) is -0.242. The van der Waals surface area contributed by atoms with E-state index < -0.39 is 6.36 Å². The van der Waals surface area contributed by atoms with E-state index in [1.165, 1.54) is 18.2 Å². The van der Waals surface area contributed by atoms with Crippen LogP contribution in [-0.4, -0.2) is 18.4 Å². The molecule has 2 rings (SSSR count). The highest BCUT2D eigenvalue weighted by molar-refractivity contribution is 5.36. The van der Waals surface area contributed by atoms with Gasteiger partial charge in [0, 0.05) is 6.20 Å². The Hall–Kier alpha value is -2.08. The molecule has 6 heteroatoms. The summed E-state index contributed by atoms with van der Waals surface area (Å²) in [4.78, 5) is 4.30. The first kappa shape index (κ1) is 15.3. The van der Waals surface area contributed by atoms with Crippen molar-refractivity contribution < 1.29 is 17.9 Å². The van der Waals surface area contributed by atoms with Crippen molar-refractivity contribution in [1.29, 1.82) is 0 Å². The van der Waals surface area contributed by atoms with Crippen LogP contribution < -0.4 is 10.1 Å². The molecule has 0 saturated carbocycles. The number of aryl methyl sites for hydroxylation is 1. The molecule has 0 aliphatic heterocycles. The minimum absolute atomic E-state index is 0.242. The highest BCUT2D eigenvalue weighted by atomic mass is 19.4. The second kappa shape index (κ2) is 6.13. The highest BCUT2D eigenvalue weighted by Gasteiger charge is 2.31. The molecule has 1 N–H and O–H groups in total. The molecule has 3 nitrogen and oxygen atoms in total. The van der Waals surface area contributed by atoms with Gasteiger partial charge in [-0.3, -0.25) is 4.98 Å². The fourth-order valence-electron chi connectivity index (χ4n) is 2.15. The number of halogens is 3. The van der Waals surface area contributed by atoms with Crippen molar-refractivity contribution in [2.24, 2.45) is 0 Å². The maximum absolute atomic E-state index is 12.3. The third-order valence-electron chi connectivity index (χ3n) is 3.04. The molecule has 0 aliphatic carbocycles. The Morgan fingerprint density at radius 3 is 2.57 bits per heavy atom. The summed E-state index contributed by atoms with van der Waals surface area (Å²) >= 11 is 0. The lowest BCUT2D eigenvalue weighted by molar-refractivity contribution is -0.274. The third kappa shape index (κ3) is 3.95. The maximum Gasteiger partial charge on any atom is 0.573 e. The predicted octanol–water partition coefficient (Wildman–Crippen LogP) is 3.60. The molecule has 0 amide bonds. The smallest absolute Gasteiger partial charge is 0.406 e. The van der Waals surface area contributed by atoms with Crippen molar-refractivity contribution in [1.82, 2.24) is 10.3 Å². The molecule has 0 spiro atoms. The molecule has 0 fully saturated rings. The van der Waals surface area contributed by atoms with E-state index in [1.807, 2.05) is 19.1 Å². The largest absolute Gasteiger partial charge is 0.573 e. The summed E-state index contributed by atoms with van der Waals surface area (Å²) in [6, 6.07) is 9.32. The summed E-state index contributed by atoms with van der Waals surface area (Å²) in [6.45, 7) is 1.91. The Labute approximate surface area is 120 Å². The summed E-state index contributed by atoms with van der Waals surface area (Å²) in [5.41, 5.74) is 2.38. The standard InChI is InChI=1S/C15H15F3N2O/c1-10-5-4-8-20-13(10)14(19-2)11-6-3-7-12(9-11)21-15(16,17)18/h3-9,14,19H,1-2H3. The lowest BCUT2D eigenvalue weighted by atomic mass is 10.00. The van der Waals surface area contributed by atoms with E-state index >= 15 is 0 Å². The lowest BCUT2D eigenvalue weighted by Gasteiger charge is -2.19. The quantitative estimate of drug-likeness (QED) is 0.936. The van der Waals surface area contributed by atoms with Crippen molar-refractivity contribution in [2.45, 2.75) is 19.3 Å². The van der Waals surface area contributed by atoms with Crippen molar-refractivity contribution in [3.63, 3.8) is 0 Å². The van der Waals surface area contributed by atoms with E-state index in [4.69, 9.17) is 0 Å². The van der Waals surface area contributed by atoms with Gasteiger partial charge in [0.2, 0.25) is 0 Å². The number of aromatic nitrogens is 1. The van der Waals surface area contributed by atoms with Crippen LogP contribution in [0.1, 0.15) is 22.9 Å². The number of alkyl halides is 3. The molecule has 0 saturated heterocycles. The molecule has 21 heavy (non-hydrogen) atoms. The Morgan fingerprint density at radius 1 is 1.19 bits per heavy atom. The highest BCUT2D eigenvalue weighted by Crippen LogP contribution is 2.28. The molecule has 0 bridgehead atoms. The first-order chi connectivity index (χ1) is 9.90. The Bertz CT molecular complexity index is 614. The Kier molecular flexibility index (Phi) is 4.47. The fraction of sp³-hybridized carbons (Fsp3) is 0.267. The van der Waals surface area contributed by atoms with Gasteiger partial charge in [0.15, 0.2) is 0 Å². The second-order valence-electron chi connectivity index (χ2n) is 4.55. The molecule has 1 heterocycles. The monoisotopic (exact) mass is 296 g/mol. The topological polar surface area (TPSA) is 34.1 Å². The van der Waals surface area contributed by atoms with Crippen LogP contribution in [0.5, 0.6) is 5.75 Å². The van der Waals surface area contributed by atoms with Gasteiger partial charge in [-0.2, -0.15) is 0 Å². The Balaban J connectivity index is 2.35. The van der Waals surface area contributed by atoms with Gasteiger partial charge in [-0.25, -0.2) is 0 Å². The molecule has 0 aliphatic rings. The minimum atomic E-state index is -4.70. The molecule has 0 radical (unpaired) electrons. The molecular weight excluding hydrogens is 281 g/mol. The maximum atomic E-state index is 12.3. The second-order valence-corrected chi connectivity index (χ2v) is 4.55.